The summed E-state index contributed by atoms with van der Waals surface area (Å²) in [4.78, 5) is 12.7. The monoisotopic (exact) mass is 530 g/mol. The van der Waals surface area contributed by atoms with Gasteiger partial charge in [0.25, 0.3) is 5.91 Å². The number of carbonyl (C=O) groups is 1. The first kappa shape index (κ1) is 23.7. The third-order valence-electron chi connectivity index (χ3n) is 4.31. The van der Waals surface area contributed by atoms with E-state index in [-0.39, 0.29) is 12.2 Å². The van der Waals surface area contributed by atoms with E-state index in [4.69, 9.17) is 32.7 Å². The third kappa shape index (κ3) is 6.27. The molecule has 3 rings (SSSR count). The Morgan fingerprint density at radius 2 is 1.81 bits per heavy atom. The van der Waals surface area contributed by atoms with Gasteiger partial charge in [0.1, 0.15) is 18.2 Å². The maximum absolute atomic E-state index is 12.7. The lowest BCUT2D eigenvalue weighted by Crippen LogP contribution is -2.13. The Hall–Kier alpha value is -2.98. The molecule has 0 bridgehead atoms. The Labute approximate surface area is 204 Å². The minimum Gasteiger partial charge on any atom is -0.493 e. The standard InChI is InChI=1S/C24H17BrCl2N2O3/c1-31-22-4-2-3-16(23(22)32-14-15-5-7-18(25)8-6-15)9-17(13-28)24(30)29-21-11-19(26)10-20(27)12-21/h2-12H,14H2,1H3,(H,29,30)/b17-9+. The van der Waals surface area contributed by atoms with Gasteiger partial charge in [-0.15, -0.1) is 0 Å². The maximum atomic E-state index is 12.7. The molecule has 0 heterocycles. The molecule has 0 radical (unpaired) electrons. The van der Waals surface area contributed by atoms with E-state index in [2.05, 4.69) is 21.2 Å². The molecule has 0 aliphatic rings. The molecule has 162 valence electrons. The third-order valence-corrected chi connectivity index (χ3v) is 5.28. The van der Waals surface area contributed by atoms with Crippen molar-refractivity contribution in [2.24, 2.45) is 0 Å². The molecule has 0 aromatic heterocycles. The highest BCUT2D eigenvalue weighted by Gasteiger charge is 2.15. The molecule has 0 spiro atoms. The zero-order valence-electron chi connectivity index (χ0n) is 16.9. The average Bonchev–Trinajstić information content (AvgIpc) is 2.76. The fraction of sp³-hybridized carbons (Fsp3) is 0.0833. The molecule has 0 aliphatic heterocycles. The van der Waals surface area contributed by atoms with Gasteiger partial charge in [-0.1, -0.05) is 63.4 Å². The topological polar surface area (TPSA) is 71.3 Å². The van der Waals surface area contributed by atoms with E-state index in [1.165, 1.54) is 13.2 Å². The minimum atomic E-state index is -0.604. The summed E-state index contributed by atoms with van der Waals surface area (Å²) in [5.74, 6) is 0.298. The number of nitrogens with zero attached hydrogens (tertiary/aromatic N) is 1. The van der Waals surface area contributed by atoms with Gasteiger partial charge in [-0.2, -0.15) is 5.26 Å². The van der Waals surface area contributed by atoms with Crippen LogP contribution < -0.4 is 14.8 Å². The molecule has 8 heteroatoms. The summed E-state index contributed by atoms with van der Waals surface area (Å²) < 4.78 is 12.4. The average molecular weight is 532 g/mol. The number of halogens is 3. The highest BCUT2D eigenvalue weighted by molar-refractivity contribution is 9.10. The molecule has 0 atom stereocenters. The van der Waals surface area contributed by atoms with E-state index >= 15 is 0 Å². The van der Waals surface area contributed by atoms with Crippen molar-refractivity contribution in [3.8, 4) is 17.6 Å². The number of para-hydroxylation sites is 1. The van der Waals surface area contributed by atoms with Crippen LogP contribution in [0.2, 0.25) is 10.0 Å². The van der Waals surface area contributed by atoms with Gasteiger partial charge >= 0.3 is 0 Å². The van der Waals surface area contributed by atoms with Crippen molar-refractivity contribution in [3.05, 3.63) is 91.9 Å². The van der Waals surface area contributed by atoms with E-state index in [9.17, 15) is 10.1 Å². The summed E-state index contributed by atoms with van der Waals surface area (Å²) in [5, 5.41) is 13.0. The Morgan fingerprint density at radius 1 is 1.12 bits per heavy atom. The van der Waals surface area contributed by atoms with Crippen LogP contribution in [0.4, 0.5) is 5.69 Å². The number of hydrogen-bond donors (Lipinski definition) is 1. The Bertz CT molecular complexity index is 1180. The summed E-state index contributed by atoms with van der Waals surface area (Å²) in [6.07, 6.45) is 1.45. The van der Waals surface area contributed by atoms with Gasteiger partial charge in [-0.05, 0) is 48.0 Å². The van der Waals surface area contributed by atoms with Crippen LogP contribution >= 0.6 is 39.1 Å². The van der Waals surface area contributed by atoms with Crippen LogP contribution in [-0.2, 0) is 11.4 Å². The Balaban J connectivity index is 1.88. The first-order valence-corrected chi connectivity index (χ1v) is 10.9. The normalized spacial score (nSPS) is 10.9. The minimum absolute atomic E-state index is 0.122. The van der Waals surface area contributed by atoms with Gasteiger partial charge in [-0.3, -0.25) is 4.79 Å². The molecule has 3 aromatic rings. The largest absolute Gasteiger partial charge is 0.493 e. The lowest BCUT2D eigenvalue weighted by Gasteiger charge is -2.14. The van der Waals surface area contributed by atoms with Gasteiger partial charge < -0.3 is 14.8 Å². The number of benzene rings is 3. The number of ether oxygens (including phenoxy) is 2. The zero-order valence-corrected chi connectivity index (χ0v) is 20.0. The van der Waals surface area contributed by atoms with E-state index in [1.54, 1.807) is 36.4 Å². The highest BCUT2D eigenvalue weighted by Crippen LogP contribution is 2.33. The van der Waals surface area contributed by atoms with Crippen LogP contribution in [0.5, 0.6) is 11.5 Å². The van der Waals surface area contributed by atoms with Crippen molar-refractivity contribution in [2.45, 2.75) is 6.61 Å². The van der Waals surface area contributed by atoms with Gasteiger partial charge in [0, 0.05) is 25.8 Å². The van der Waals surface area contributed by atoms with Gasteiger partial charge in [0.2, 0.25) is 0 Å². The molecular weight excluding hydrogens is 515 g/mol. The van der Waals surface area contributed by atoms with Gasteiger partial charge in [0.05, 0.1) is 7.11 Å². The number of methoxy groups -OCH3 is 1. The summed E-state index contributed by atoms with van der Waals surface area (Å²) in [6.45, 7) is 0.281. The maximum Gasteiger partial charge on any atom is 0.266 e. The molecule has 0 aliphatic carbocycles. The number of carbonyl (C=O) groups excluding carboxylic acids is 1. The lowest BCUT2D eigenvalue weighted by atomic mass is 10.1. The fourth-order valence-electron chi connectivity index (χ4n) is 2.83. The van der Waals surface area contributed by atoms with Crippen molar-refractivity contribution in [1.29, 1.82) is 5.26 Å². The number of hydrogen-bond acceptors (Lipinski definition) is 4. The molecule has 1 N–H and O–H groups in total. The summed E-state index contributed by atoms with van der Waals surface area (Å²) in [5.41, 5.74) is 1.73. The molecule has 0 saturated heterocycles. The quantitative estimate of drug-likeness (QED) is 0.266. The van der Waals surface area contributed by atoms with Crippen LogP contribution in [0.3, 0.4) is 0 Å². The SMILES string of the molecule is COc1cccc(/C=C(\C#N)C(=O)Nc2cc(Cl)cc(Cl)c2)c1OCc1ccc(Br)cc1. The predicted molar refractivity (Wildman–Crippen MR) is 130 cm³/mol. The van der Waals surface area contributed by atoms with E-state index in [0.717, 1.165) is 10.0 Å². The first-order valence-electron chi connectivity index (χ1n) is 9.33. The second-order valence-electron chi connectivity index (χ2n) is 6.58. The van der Waals surface area contributed by atoms with Gasteiger partial charge in [-0.25, -0.2) is 0 Å². The van der Waals surface area contributed by atoms with E-state index in [1.807, 2.05) is 30.3 Å². The molecular formula is C24H17BrCl2N2O3. The number of nitriles is 1. The van der Waals surface area contributed by atoms with Gasteiger partial charge in [0.15, 0.2) is 11.5 Å². The molecule has 32 heavy (non-hydrogen) atoms. The Morgan fingerprint density at radius 3 is 2.44 bits per heavy atom. The second-order valence-corrected chi connectivity index (χ2v) is 8.36. The van der Waals surface area contributed by atoms with Crippen molar-refractivity contribution >= 4 is 56.8 Å². The van der Waals surface area contributed by atoms with Crippen molar-refractivity contribution in [1.82, 2.24) is 0 Å². The smallest absolute Gasteiger partial charge is 0.266 e. The van der Waals surface area contributed by atoms with Crippen LogP contribution in [0.15, 0.2) is 70.7 Å². The number of anilines is 1. The molecule has 0 fully saturated rings. The number of amides is 1. The summed E-state index contributed by atoms with van der Waals surface area (Å²) in [7, 11) is 1.52. The predicted octanol–water partition coefficient (Wildman–Crippen LogP) is 6.89. The van der Waals surface area contributed by atoms with E-state index in [0.29, 0.717) is 32.8 Å². The van der Waals surface area contributed by atoms with Crippen molar-refractivity contribution in [3.63, 3.8) is 0 Å². The molecule has 3 aromatic carbocycles. The Kier molecular flexibility index (Phi) is 8.18. The van der Waals surface area contributed by atoms with Crippen LogP contribution in [-0.4, -0.2) is 13.0 Å². The number of nitrogens with one attached hydrogen (secondary N) is 1. The first-order chi connectivity index (χ1) is 15.4. The van der Waals surface area contributed by atoms with Crippen molar-refractivity contribution < 1.29 is 14.3 Å². The molecule has 0 unspecified atom stereocenters. The number of rotatable bonds is 7. The summed E-state index contributed by atoms with van der Waals surface area (Å²) >= 11 is 15.4. The van der Waals surface area contributed by atoms with Crippen LogP contribution in [0.1, 0.15) is 11.1 Å². The molecule has 0 saturated carbocycles. The molecule has 1 amide bonds. The van der Waals surface area contributed by atoms with E-state index < -0.39 is 5.91 Å². The van der Waals surface area contributed by atoms with Crippen LogP contribution in [0, 0.1) is 11.3 Å². The second kappa shape index (κ2) is 11.1. The van der Waals surface area contributed by atoms with Crippen molar-refractivity contribution in [2.75, 3.05) is 12.4 Å². The highest BCUT2D eigenvalue weighted by atomic mass is 79.9. The zero-order chi connectivity index (χ0) is 23.1. The summed E-state index contributed by atoms with van der Waals surface area (Å²) in [6, 6.07) is 19.5. The molecule has 5 nitrogen and oxygen atoms in total. The fourth-order valence-corrected chi connectivity index (χ4v) is 3.62. The lowest BCUT2D eigenvalue weighted by molar-refractivity contribution is -0.112. The van der Waals surface area contributed by atoms with Crippen LogP contribution in [0.25, 0.3) is 6.08 Å².